The first kappa shape index (κ1) is 24.6. The number of piperazine rings is 1. The van der Waals surface area contributed by atoms with Crippen LogP contribution >= 0.6 is 0 Å². The van der Waals surface area contributed by atoms with Crippen molar-refractivity contribution in [1.82, 2.24) is 14.7 Å². The van der Waals surface area contributed by atoms with Crippen molar-refractivity contribution in [2.75, 3.05) is 32.8 Å². The van der Waals surface area contributed by atoms with Gasteiger partial charge in [-0.05, 0) is 63.0 Å². The van der Waals surface area contributed by atoms with E-state index in [1.807, 2.05) is 29.2 Å². The van der Waals surface area contributed by atoms with Gasteiger partial charge in [-0.3, -0.25) is 19.4 Å². The van der Waals surface area contributed by atoms with Crippen LogP contribution in [0.3, 0.4) is 0 Å². The number of nitrogens with zero attached hydrogens (tertiary/aromatic N) is 3. The molecule has 2 fully saturated rings. The van der Waals surface area contributed by atoms with Gasteiger partial charge in [0.25, 0.3) is 5.91 Å². The molecule has 0 unspecified atom stereocenters. The molecular formula is C28H37N3O3. The number of benzene rings is 2. The molecule has 2 aliphatic rings. The molecule has 2 aliphatic heterocycles. The molecule has 0 saturated carbocycles. The van der Waals surface area contributed by atoms with Gasteiger partial charge in [-0.15, -0.1) is 0 Å². The van der Waals surface area contributed by atoms with Gasteiger partial charge in [0.05, 0.1) is 0 Å². The van der Waals surface area contributed by atoms with Crippen LogP contribution in [0.4, 0.5) is 0 Å². The van der Waals surface area contributed by atoms with Crippen molar-refractivity contribution in [1.29, 1.82) is 0 Å². The Morgan fingerprint density at radius 2 is 1.47 bits per heavy atom. The monoisotopic (exact) mass is 463 g/mol. The van der Waals surface area contributed by atoms with Crippen LogP contribution in [0.1, 0.15) is 65.0 Å². The minimum atomic E-state index is -0.467. The standard InChI is InChI=1S/C28H37N3O3/c1-21-16-30(18-23-9-11-25(12-10-23)27(33)20-32)17-22(2)31(21)28(34)26-8-6-7-24(15-26)19-29-13-4-3-5-14-29/h6-12,15,21-22,32H,3-5,13-14,16-20H2,1-2H3/t21-,22+. The summed E-state index contributed by atoms with van der Waals surface area (Å²) >= 11 is 0. The first-order chi connectivity index (χ1) is 16.4. The number of carbonyl (C=O) groups excluding carboxylic acids is 2. The molecule has 2 heterocycles. The Morgan fingerprint density at radius 3 is 2.12 bits per heavy atom. The molecule has 1 N–H and O–H groups in total. The van der Waals surface area contributed by atoms with Crippen molar-refractivity contribution in [3.63, 3.8) is 0 Å². The Bertz CT molecular complexity index is 973. The Hall–Kier alpha value is -2.54. The average molecular weight is 464 g/mol. The third-order valence-electron chi connectivity index (χ3n) is 7.08. The second-order valence-corrected chi connectivity index (χ2v) is 9.92. The van der Waals surface area contributed by atoms with Gasteiger partial charge in [0, 0.05) is 49.4 Å². The second-order valence-electron chi connectivity index (χ2n) is 9.92. The van der Waals surface area contributed by atoms with Crippen molar-refractivity contribution in [2.45, 2.75) is 58.3 Å². The highest BCUT2D eigenvalue weighted by Gasteiger charge is 2.33. The Kier molecular flexibility index (Phi) is 8.14. The fourth-order valence-corrected chi connectivity index (χ4v) is 5.43. The maximum absolute atomic E-state index is 13.5. The van der Waals surface area contributed by atoms with Gasteiger partial charge in [0.1, 0.15) is 6.61 Å². The summed E-state index contributed by atoms with van der Waals surface area (Å²) in [6, 6.07) is 15.8. The van der Waals surface area contributed by atoms with E-state index < -0.39 is 6.61 Å². The number of aliphatic hydroxyl groups is 1. The van der Waals surface area contributed by atoms with Gasteiger partial charge >= 0.3 is 0 Å². The van der Waals surface area contributed by atoms with Crippen molar-refractivity contribution < 1.29 is 14.7 Å². The predicted molar refractivity (Wildman–Crippen MR) is 134 cm³/mol. The van der Waals surface area contributed by atoms with E-state index in [9.17, 15) is 9.59 Å². The first-order valence-corrected chi connectivity index (χ1v) is 12.5. The summed E-state index contributed by atoms with van der Waals surface area (Å²) in [6.45, 7) is 9.39. The van der Waals surface area contributed by atoms with E-state index >= 15 is 0 Å². The molecule has 0 spiro atoms. The topological polar surface area (TPSA) is 64.1 Å². The fraction of sp³-hybridized carbons (Fsp3) is 0.500. The van der Waals surface area contributed by atoms with Gasteiger partial charge < -0.3 is 10.0 Å². The third kappa shape index (κ3) is 5.93. The van der Waals surface area contributed by atoms with Crippen LogP contribution in [0, 0.1) is 0 Å². The van der Waals surface area contributed by atoms with E-state index in [2.05, 4.69) is 35.8 Å². The molecule has 34 heavy (non-hydrogen) atoms. The van der Waals surface area contributed by atoms with Crippen LogP contribution in [0.15, 0.2) is 48.5 Å². The summed E-state index contributed by atoms with van der Waals surface area (Å²) in [4.78, 5) is 32.0. The second kappa shape index (κ2) is 11.3. The number of likely N-dealkylation sites (tertiary alicyclic amines) is 1. The lowest BCUT2D eigenvalue weighted by Gasteiger charge is -2.44. The molecule has 2 saturated heterocycles. The van der Waals surface area contributed by atoms with Gasteiger partial charge in [-0.1, -0.05) is 42.8 Å². The van der Waals surface area contributed by atoms with Crippen molar-refractivity contribution in [2.24, 2.45) is 0 Å². The van der Waals surface area contributed by atoms with Crippen molar-refractivity contribution >= 4 is 11.7 Å². The Balaban J connectivity index is 1.38. The van der Waals surface area contributed by atoms with Gasteiger partial charge in [-0.2, -0.15) is 0 Å². The molecule has 4 rings (SSSR count). The number of amides is 1. The van der Waals surface area contributed by atoms with Gasteiger partial charge in [0.2, 0.25) is 0 Å². The molecule has 182 valence electrons. The largest absolute Gasteiger partial charge is 0.388 e. The zero-order valence-electron chi connectivity index (χ0n) is 20.4. The smallest absolute Gasteiger partial charge is 0.254 e. The number of piperidine rings is 1. The van der Waals surface area contributed by atoms with Crippen molar-refractivity contribution in [3.05, 3.63) is 70.8 Å². The predicted octanol–water partition coefficient (Wildman–Crippen LogP) is 3.58. The van der Waals surface area contributed by atoms with E-state index in [1.165, 1.54) is 24.8 Å². The molecule has 2 aromatic rings. The summed E-state index contributed by atoms with van der Waals surface area (Å²) in [5, 5.41) is 9.03. The summed E-state index contributed by atoms with van der Waals surface area (Å²) in [6.07, 6.45) is 3.86. The quantitative estimate of drug-likeness (QED) is 0.636. The summed E-state index contributed by atoms with van der Waals surface area (Å²) < 4.78 is 0. The summed E-state index contributed by atoms with van der Waals surface area (Å²) in [5.41, 5.74) is 3.66. The number of rotatable bonds is 7. The number of carbonyl (C=O) groups is 2. The highest BCUT2D eigenvalue weighted by Crippen LogP contribution is 2.22. The zero-order valence-corrected chi connectivity index (χ0v) is 20.4. The van der Waals surface area contributed by atoms with E-state index in [0.29, 0.717) is 5.56 Å². The number of aliphatic hydroxyl groups excluding tert-OH is 1. The van der Waals surface area contributed by atoms with Crippen LogP contribution in [-0.2, 0) is 13.1 Å². The van der Waals surface area contributed by atoms with Crippen LogP contribution in [0.2, 0.25) is 0 Å². The molecule has 6 nitrogen and oxygen atoms in total. The Labute approximate surface area is 203 Å². The van der Waals surface area contributed by atoms with Crippen LogP contribution in [0.5, 0.6) is 0 Å². The molecular weight excluding hydrogens is 426 g/mol. The molecule has 2 aromatic carbocycles. The summed E-state index contributed by atoms with van der Waals surface area (Å²) in [7, 11) is 0. The SMILES string of the molecule is C[C@@H]1CN(Cc2ccc(C(=O)CO)cc2)C[C@H](C)N1C(=O)c1cccc(CN2CCCCC2)c1. The lowest BCUT2D eigenvalue weighted by atomic mass is 10.0. The van der Waals surface area contributed by atoms with E-state index in [0.717, 1.165) is 50.4 Å². The van der Waals surface area contributed by atoms with E-state index in [-0.39, 0.29) is 23.8 Å². The normalized spacial score (nSPS) is 22.0. The number of ketones is 1. The zero-order chi connectivity index (χ0) is 24.1. The number of Topliss-reactive ketones (excluding diaryl/α,β-unsaturated/α-hetero) is 1. The lowest BCUT2D eigenvalue weighted by Crippen LogP contribution is -2.58. The van der Waals surface area contributed by atoms with Crippen LogP contribution < -0.4 is 0 Å². The minimum Gasteiger partial charge on any atom is -0.388 e. The molecule has 1 amide bonds. The van der Waals surface area contributed by atoms with E-state index in [1.54, 1.807) is 12.1 Å². The number of hydrogen-bond acceptors (Lipinski definition) is 5. The minimum absolute atomic E-state index is 0.109. The van der Waals surface area contributed by atoms with Gasteiger partial charge in [0.15, 0.2) is 5.78 Å². The highest BCUT2D eigenvalue weighted by molar-refractivity contribution is 5.97. The third-order valence-corrected chi connectivity index (χ3v) is 7.08. The molecule has 2 atom stereocenters. The van der Waals surface area contributed by atoms with Crippen LogP contribution in [0.25, 0.3) is 0 Å². The average Bonchev–Trinajstić information content (AvgIpc) is 2.84. The fourth-order valence-electron chi connectivity index (χ4n) is 5.43. The van der Waals surface area contributed by atoms with Gasteiger partial charge in [-0.25, -0.2) is 0 Å². The first-order valence-electron chi connectivity index (χ1n) is 12.5. The maximum Gasteiger partial charge on any atom is 0.254 e. The van der Waals surface area contributed by atoms with Crippen LogP contribution in [-0.4, -0.2) is 76.4 Å². The molecule has 6 heteroatoms. The Morgan fingerprint density at radius 1 is 0.824 bits per heavy atom. The maximum atomic E-state index is 13.5. The molecule has 0 radical (unpaired) electrons. The van der Waals surface area contributed by atoms with Crippen molar-refractivity contribution in [3.8, 4) is 0 Å². The molecule has 0 aromatic heterocycles. The number of hydrogen-bond donors (Lipinski definition) is 1. The molecule has 0 aliphatic carbocycles. The lowest BCUT2D eigenvalue weighted by molar-refractivity contribution is 0.0268. The molecule has 0 bridgehead atoms. The highest BCUT2D eigenvalue weighted by atomic mass is 16.3. The van der Waals surface area contributed by atoms with E-state index in [4.69, 9.17) is 5.11 Å². The summed E-state index contributed by atoms with van der Waals surface area (Å²) in [5.74, 6) is -0.145.